The number of unbranched alkanes of at least 4 members (excludes halogenated alkanes) is 50. The van der Waals surface area contributed by atoms with Gasteiger partial charge in [0.15, 0.2) is 0 Å². The van der Waals surface area contributed by atoms with E-state index >= 15 is 0 Å². The van der Waals surface area contributed by atoms with Crippen LogP contribution < -0.4 is 5.32 Å². The van der Waals surface area contributed by atoms with Crippen LogP contribution >= 0.6 is 0 Å². The standard InChI is InChI=1S/C74H139NO5/c1-3-5-7-9-11-13-15-17-19-21-23-24-25-28-31-34-38-42-46-50-54-58-62-66-72(77)71(70-76)75-73(78)67-63-59-55-51-47-43-39-35-32-29-26-27-30-33-37-41-45-49-53-57-61-65-69-80-74(79)68-64-60-56-52-48-44-40-36-22-20-18-16-14-12-10-8-6-4-2/h14,16,20,22,29,32,62,66,71-72,76-77H,3-13,15,17-19,21,23-28,30-31,33-61,63-65,67-70H2,1-2H3,(H,75,78)/b16-14-,22-20-,32-29-,66-62+. The number of rotatable bonds is 67. The molecule has 0 aromatic heterocycles. The molecule has 0 saturated carbocycles. The van der Waals surface area contributed by atoms with Crippen LogP contribution in [-0.4, -0.2) is 47.4 Å². The van der Waals surface area contributed by atoms with Gasteiger partial charge in [-0.2, -0.15) is 0 Å². The monoisotopic (exact) mass is 1120 g/mol. The summed E-state index contributed by atoms with van der Waals surface area (Å²) < 4.78 is 5.50. The Hall–Kier alpha value is -2.18. The fourth-order valence-corrected chi connectivity index (χ4v) is 11.1. The summed E-state index contributed by atoms with van der Waals surface area (Å²) in [5, 5.41) is 23.3. The third-order valence-corrected chi connectivity index (χ3v) is 16.6. The zero-order valence-corrected chi connectivity index (χ0v) is 53.8. The van der Waals surface area contributed by atoms with E-state index < -0.39 is 12.1 Å². The molecule has 2 unspecified atom stereocenters. The molecule has 0 fully saturated rings. The minimum Gasteiger partial charge on any atom is -0.466 e. The van der Waals surface area contributed by atoms with Gasteiger partial charge in [-0.1, -0.05) is 332 Å². The fourth-order valence-electron chi connectivity index (χ4n) is 11.1. The van der Waals surface area contributed by atoms with Gasteiger partial charge < -0.3 is 20.3 Å². The molecule has 0 rings (SSSR count). The van der Waals surface area contributed by atoms with E-state index in [1.165, 1.54) is 302 Å². The second-order valence-corrected chi connectivity index (χ2v) is 24.6. The number of aliphatic hydroxyl groups is 2. The third-order valence-electron chi connectivity index (χ3n) is 16.6. The Morgan fingerprint density at radius 3 is 0.975 bits per heavy atom. The average molecular weight is 1120 g/mol. The van der Waals surface area contributed by atoms with Gasteiger partial charge in [0.05, 0.1) is 25.4 Å². The molecule has 470 valence electrons. The molecule has 0 aliphatic carbocycles. The van der Waals surface area contributed by atoms with Crippen molar-refractivity contribution in [3.05, 3.63) is 48.6 Å². The van der Waals surface area contributed by atoms with Gasteiger partial charge in [-0.05, 0) is 89.9 Å². The van der Waals surface area contributed by atoms with Crippen molar-refractivity contribution in [2.45, 2.75) is 398 Å². The van der Waals surface area contributed by atoms with Crippen LogP contribution in [0.2, 0.25) is 0 Å². The molecule has 80 heavy (non-hydrogen) atoms. The normalized spacial score (nSPS) is 12.8. The van der Waals surface area contributed by atoms with Crippen LogP contribution in [0.5, 0.6) is 0 Å². The van der Waals surface area contributed by atoms with E-state index in [0.29, 0.717) is 19.4 Å². The topological polar surface area (TPSA) is 95.9 Å². The largest absolute Gasteiger partial charge is 0.466 e. The quantitative estimate of drug-likeness (QED) is 0.0320. The second kappa shape index (κ2) is 69.3. The van der Waals surface area contributed by atoms with Gasteiger partial charge in [0.25, 0.3) is 0 Å². The zero-order valence-electron chi connectivity index (χ0n) is 53.8. The Bertz CT molecular complexity index is 1340. The van der Waals surface area contributed by atoms with E-state index in [9.17, 15) is 19.8 Å². The first kappa shape index (κ1) is 77.8. The number of hydrogen-bond donors (Lipinski definition) is 3. The minimum absolute atomic E-state index is 0.00243. The van der Waals surface area contributed by atoms with E-state index in [1.807, 2.05) is 6.08 Å². The first-order chi connectivity index (χ1) is 39.5. The van der Waals surface area contributed by atoms with Crippen LogP contribution in [0, 0.1) is 0 Å². The lowest BCUT2D eigenvalue weighted by atomic mass is 10.0. The molecular weight excluding hydrogens is 983 g/mol. The molecule has 0 aromatic carbocycles. The van der Waals surface area contributed by atoms with E-state index in [0.717, 1.165) is 57.8 Å². The van der Waals surface area contributed by atoms with Gasteiger partial charge in [-0.3, -0.25) is 9.59 Å². The Morgan fingerprint density at radius 2 is 0.625 bits per heavy atom. The SMILES string of the molecule is CCCCCC/C=C\C/C=C\CCCCCCCCCC(=O)OCCCCCCCCCCCCC/C=C\CCCCCCCCCC(=O)NC(CO)C(O)/C=C/CCCCCCCCCCCCCCCCCCCCCCC. The summed E-state index contributed by atoms with van der Waals surface area (Å²) in [5.41, 5.74) is 0. The number of amides is 1. The first-order valence-electron chi connectivity index (χ1n) is 35.9. The predicted octanol–water partition coefficient (Wildman–Crippen LogP) is 23.3. The Balaban J connectivity index is 3.44. The molecule has 0 spiro atoms. The van der Waals surface area contributed by atoms with Crippen molar-refractivity contribution in [3.8, 4) is 0 Å². The molecule has 3 N–H and O–H groups in total. The van der Waals surface area contributed by atoms with Gasteiger partial charge in [0, 0.05) is 12.8 Å². The first-order valence-corrected chi connectivity index (χ1v) is 35.9. The summed E-state index contributed by atoms with van der Waals surface area (Å²) >= 11 is 0. The maximum absolute atomic E-state index is 12.5. The molecule has 0 heterocycles. The van der Waals surface area contributed by atoms with Crippen molar-refractivity contribution in [1.82, 2.24) is 5.32 Å². The highest BCUT2D eigenvalue weighted by Crippen LogP contribution is 2.18. The van der Waals surface area contributed by atoms with Crippen LogP contribution in [0.15, 0.2) is 48.6 Å². The van der Waals surface area contributed by atoms with Crippen molar-refractivity contribution in [2.75, 3.05) is 13.2 Å². The molecular formula is C74H139NO5. The van der Waals surface area contributed by atoms with Crippen LogP contribution in [0.4, 0.5) is 0 Å². The highest BCUT2D eigenvalue weighted by Gasteiger charge is 2.18. The van der Waals surface area contributed by atoms with Crippen LogP contribution in [0.25, 0.3) is 0 Å². The summed E-state index contributed by atoms with van der Waals surface area (Å²) in [7, 11) is 0. The fraction of sp³-hybridized carbons (Fsp3) is 0.865. The van der Waals surface area contributed by atoms with Gasteiger partial charge in [0.2, 0.25) is 5.91 Å². The Kier molecular flexibility index (Phi) is 67.4. The van der Waals surface area contributed by atoms with E-state index in [1.54, 1.807) is 6.08 Å². The Labute approximate surface area is 499 Å². The number of carbonyl (C=O) groups excluding carboxylic acids is 2. The van der Waals surface area contributed by atoms with Gasteiger partial charge >= 0.3 is 5.97 Å². The van der Waals surface area contributed by atoms with E-state index in [4.69, 9.17) is 4.74 Å². The van der Waals surface area contributed by atoms with Crippen LogP contribution in [0.1, 0.15) is 386 Å². The number of ether oxygens (including phenoxy) is 1. The second-order valence-electron chi connectivity index (χ2n) is 24.6. The summed E-state index contributed by atoms with van der Waals surface area (Å²) in [6.07, 6.45) is 90.4. The maximum Gasteiger partial charge on any atom is 0.305 e. The molecule has 0 bridgehead atoms. The van der Waals surface area contributed by atoms with Crippen molar-refractivity contribution in [3.63, 3.8) is 0 Å². The molecule has 6 heteroatoms. The van der Waals surface area contributed by atoms with Gasteiger partial charge in [-0.25, -0.2) is 0 Å². The van der Waals surface area contributed by atoms with Crippen molar-refractivity contribution >= 4 is 11.9 Å². The molecule has 2 atom stereocenters. The van der Waals surface area contributed by atoms with Crippen molar-refractivity contribution < 1.29 is 24.5 Å². The minimum atomic E-state index is -0.851. The Morgan fingerprint density at radius 1 is 0.350 bits per heavy atom. The molecule has 1 amide bonds. The van der Waals surface area contributed by atoms with Crippen LogP contribution in [-0.2, 0) is 14.3 Å². The number of carbonyl (C=O) groups is 2. The zero-order chi connectivity index (χ0) is 57.8. The molecule has 0 radical (unpaired) electrons. The highest BCUT2D eigenvalue weighted by molar-refractivity contribution is 5.76. The molecule has 6 nitrogen and oxygen atoms in total. The molecule has 0 saturated heterocycles. The average Bonchev–Trinajstić information content (AvgIpc) is 3.46. The number of hydrogen-bond acceptors (Lipinski definition) is 5. The smallest absolute Gasteiger partial charge is 0.305 e. The molecule has 0 aliphatic rings. The maximum atomic E-state index is 12.5. The van der Waals surface area contributed by atoms with Crippen molar-refractivity contribution in [1.29, 1.82) is 0 Å². The summed E-state index contributed by atoms with van der Waals surface area (Å²) in [4.78, 5) is 24.6. The number of allylic oxidation sites excluding steroid dienone is 7. The molecule has 0 aromatic rings. The van der Waals surface area contributed by atoms with E-state index in [-0.39, 0.29) is 18.5 Å². The molecule has 0 aliphatic heterocycles. The summed E-state index contributed by atoms with van der Waals surface area (Å²) in [6.45, 7) is 4.91. The van der Waals surface area contributed by atoms with Gasteiger partial charge in [0.1, 0.15) is 0 Å². The number of nitrogens with one attached hydrogen (secondary N) is 1. The van der Waals surface area contributed by atoms with Gasteiger partial charge in [-0.15, -0.1) is 0 Å². The highest BCUT2D eigenvalue weighted by atomic mass is 16.5. The number of aliphatic hydroxyl groups excluding tert-OH is 2. The predicted molar refractivity (Wildman–Crippen MR) is 352 cm³/mol. The summed E-state index contributed by atoms with van der Waals surface area (Å²) in [5.74, 6) is -0.0694. The lowest BCUT2D eigenvalue weighted by Gasteiger charge is -2.20. The van der Waals surface area contributed by atoms with Crippen molar-refractivity contribution in [2.24, 2.45) is 0 Å². The lowest BCUT2D eigenvalue weighted by molar-refractivity contribution is -0.143. The van der Waals surface area contributed by atoms with E-state index in [2.05, 4.69) is 55.6 Å². The number of esters is 1. The third kappa shape index (κ3) is 65.0. The van der Waals surface area contributed by atoms with Crippen LogP contribution in [0.3, 0.4) is 0 Å². The summed E-state index contributed by atoms with van der Waals surface area (Å²) in [6, 6.07) is -0.635. The lowest BCUT2D eigenvalue weighted by Crippen LogP contribution is -2.45.